The van der Waals surface area contributed by atoms with Crippen LogP contribution < -0.4 is 0 Å². The van der Waals surface area contributed by atoms with E-state index in [0.29, 0.717) is 30.1 Å². The van der Waals surface area contributed by atoms with Crippen LogP contribution in [-0.4, -0.2) is 34.6 Å². The summed E-state index contributed by atoms with van der Waals surface area (Å²) in [6.45, 7) is 8.25. The number of benzene rings is 1. The van der Waals surface area contributed by atoms with E-state index in [1.165, 1.54) is 36.8 Å². The fourth-order valence-electron chi connectivity index (χ4n) is 5.41. The predicted octanol–water partition coefficient (Wildman–Crippen LogP) is 4.46. The second-order valence-electron chi connectivity index (χ2n) is 9.90. The summed E-state index contributed by atoms with van der Waals surface area (Å²) in [6, 6.07) is 9.16. The Labute approximate surface area is 157 Å². The molecule has 26 heavy (non-hydrogen) atoms. The van der Waals surface area contributed by atoms with E-state index in [1.807, 2.05) is 6.92 Å². The predicted molar refractivity (Wildman–Crippen MR) is 104 cm³/mol. The molecule has 1 heterocycles. The fourth-order valence-corrected chi connectivity index (χ4v) is 5.41. The molecule has 142 valence electrons. The Kier molecular flexibility index (Phi) is 4.42. The summed E-state index contributed by atoms with van der Waals surface area (Å²) in [5.41, 5.74) is 2.73. The molecule has 1 N–H and O–H groups in total. The van der Waals surface area contributed by atoms with Crippen LogP contribution >= 0.6 is 0 Å². The normalized spacial score (nSPS) is 31.0. The zero-order valence-corrected chi connectivity index (χ0v) is 16.5. The lowest BCUT2D eigenvalue weighted by molar-refractivity contribution is -0.163. The molecular weight excluding hydrogens is 322 g/mol. The van der Waals surface area contributed by atoms with Crippen molar-refractivity contribution in [2.24, 2.45) is 11.3 Å². The molecule has 0 atom stereocenters. The van der Waals surface area contributed by atoms with Gasteiger partial charge in [-0.1, -0.05) is 38.1 Å². The van der Waals surface area contributed by atoms with Gasteiger partial charge >= 0.3 is 0 Å². The lowest BCUT2D eigenvalue weighted by atomic mass is 9.63. The number of carbonyl (C=O) groups excluding carboxylic acids is 1. The number of hydrogen-bond acceptors (Lipinski definition) is 2. The van der Waals surface area contributed by atoms with Gasteiger partial charge < -0.3 is 10.0 Å². The maximum absolute atomic E-state index is 12.5. The molecule has 1 saturated heterocycles. The second kappa shape index (κ2) is 6.37. The van der Waals surface area contributed by atoms with Crippen LogP contribution in [0.2, 0.25) is 0 Å². The zero-order chi connectivity index (χ0) is 18.5. The minimum absolute atomic E-state index is 0.0671. The van der Waals surface area contributed by atoms with E-state index in [2.05, 4.69) is 43.0 Å². The summed E-state index contributed by atoms with van der Waals surface area (Å²) in [7, 11) is 0. The number of nitrogens with zero attached hydrogens (tertiary/aromatic N) is 1. The van der Waals surface area contributed by atoms with Crippen molar-refractivity contribution >= 4 is 5.91 Å². The van der Waals surface area contributed by atoms with Crippen LogP contribution in [0.1, 0.15) is 82.3 Å². The third-order valence-electron chi connectivity index (χ3n) is 7.18. The first-order chi connectivity index (χ1) is 12.3. The van der Waals surface area contributed by atoms with Gasteiger partial charge in [-0.3, -0.25) is 4.79 Å². The molecule has 1 aromatic rings. The molecule has 1 amide bonds. The zero-order valence-electron chi connectivity index (χ0n) is 16.5. The highest BCUT2D eigenvalue weighted by molar-refractivity contribution is 5.81. The average molecular weight is 356 g/mol. The Bertz CT molecular complexity index is 669. The van der Waals surface area contributed by atoms with Crippen molar-refractivity contribution in [1.82, 2.24) is 4.90 Å². The first-order valence-electron chi connectivity index (χ1n) is 10.4. The smallest absolute Gasteiger partial charge is 0.225 e. The van der Waals surface area contributed by atoms with Crippen molar-refractivity contribution in [3.8, 4) is 0 Å². The summed E-state index contributed by atoms with van der Waals surface area (Å²) in [6.07, 6.45) is 6.28. The Morgan fingerprint density at radius 2 is 1.85 bits per heavy atom. The standard InChI is InChI=1S/C23H33NO2/c1-16(2)18-5-4-6-19(11-18)17-7-9-23(10-8-17)14-24(15-23)21(25)20-12-22(3,26)13-20/h4-6,11,16-17,20,26H,7-10,12-15H2,1-3H3/t20-,22+. The highest BCUT2D eigenvalue weighted by atomic mass is 16.3. The van der Waals surface area contributed by atoms with Gasteiger partial charge in [-0.15, -0.1) is 0 Å². The largest absolute Gasteiger partial charge is 0.390 e. The topological polar surface area (TPSA) is 40.5 Å². The molecule has 3 fully saturated rings. The minimum atomic E-state index is -0.606. The first kappa shape index (κ1) is 18.0. The molecule has 2 saturated carbocycles. The van der Waals surface area contributed by atoms with Crippen molar-refractivity contribution < 1.29 is 9.90 Å². The third kappa shape index (κ3) is 3.31. The summed E-state index contributed by atoms with van der Waals surface area (Å²) in [5, 5.41) is 9.87. The molecule has 0 unspecified atom stereocenters. The van der Waals surface area contributed by atoms with Crippen molar-refractivity contribution in [2.45, 2.75) is 76.7 Å². The molecular formula is C23H33NO2. The molecule has 3 nitrogen and oxygen atoms in total. The van der Waals surface area contributed by atoms with Gasteiger partial charge in [-0.2, -0.15) is 0 Å². The number of rotatable bonds is 3. The van der Waals surface area contributed by atoms with Gasteiger partial charge in [0, 0.05) is 24.4 Å². The van der Waals surface area contributed by atoms with Crippen LogP contribution in [0.15, 0.2) is 24.3 Å². The number of likely N-dealkylation sites (tertiary alicyclic amines) is 1. The lowest BCUT2D eigenvalue weighted by Crippen LogP contribution is -2.62. The van der Waals surface area contributed by atoms with E-state index < -0.39 is 5.60 Å². The van der Waals surface area contributed by atoms with Gasteiger partial charge in [-0.25, -0.2) is 0 Å². The molecule has 4 rings (SSSR count). The van der Waals surface area contributed by atoms with E-state index >= 15 is 0 Å². The van der Waals surface area contributed by atoms with Crippen LogP contribution in [0.4, 0.5) is 0 Å². The quantitative estimate of drug-likeness (QED) is 0.870. The van der Waals surface area contributed by atoms with E-state index in [9.17, 15) is 9.90 Å². The van der Waals surface area contributed by atoms with Crippen LogP contribution in [0.3, 0.4) is 0 Å². The van der Waals surface area contributed by atoms with Crippen LogP contribution in [0.5, 0.6) is 0 Å². The van der Waals surface area contributed by atoms with Crippen LogP contribution in [-0.2, 0) is 4.79 Å². The Balaban J connectivity index is 1.30. The van der Waals surface area contributed by atoms with E-state index in [0.717, 1.165) is 13.1 Å². The average Bonchev–Trinajstić information content (AvgIpc) is 2.57. The van der Waals surface area contributed by atoms with Gasteiger partial charge in [-0.05, 0) is 68.4 Å². The maximum Gasteiger partial charge on any atom is 0.225 e. The lowest BCUT2D eigenvalue weighted by Gasteiger charge is -2.55. The van der Waals surface area contributed by atoms with E-state index in [1.54, 1.807) is 0 Å². The molecule has 3 aliphatic rings. The van der Waals surface area contributed by atoms with Crippen molar-refractivity contribution in [3.05, 3.63) is 35.4 Å². The third-order valence-corrected chi connectivity index (χ3v) is 7.18. The molecule has 2 aliphatic carbocycles. The Morgan fingerprint density at radius 1 is 1.19 bits per heavy atom. The molecule has 0 bridgehead atoms. The van der Waals surface area contributed by atoms with E-state index in [-0.39, 0.29) is 11.8 Å². The molecule has 0 radical (unpaired) electrons. The van der Waals surface area contributed by atoms with Crippen LogP contribution in [0, 0.1) is 11.3 Å². The second-order valence-corrected chi connectivity index (χ2v) is 9.90. The van der Waals surface area contributed by atoms with E-state index in [4.69, 9.17) is 0 Å². The molecule has 0 aromatic heterocycles. The molecule has 3 heteroatoms. The van der Waals surface area contributed by atoms with Crippen molar-refractivity contribution in [1.29, 1.82) is 0 Å². The Hall–Kier alpha value is -1.35. The summed E-state index contributed by atoms with van der Waals surface area (Å²) >= 11 is 0. The number of amides is 1. The summed E-state index contributed by atoms with van der Waals surface area (Å²) < 4.78 is 0. The molecule has 1 aromatic carbocycles. The summed E-state index contributed by atoms with van der Waals surface area (Å²) in [5.74, 6) is 1.63. The molecule has 1 aliphatic heterocycles. The number of carbonyl (C=O) groups is 1. The monoisotopic (exact) mass is 355 g/mol. The maximum atomic E-state index is 12.5. The molecule has 1 spiro atoms. The highest BCUT2D eigenvalue weighted by Crippen LogP contribution is 2.50. The van der Waals surface area contributed by atoms with Gasteiger partial charge in [0.15, 0.2) is 0 Å². The SMILES string of the molecule is CC(C)c1cccc(C2CCC3(CC2)CN(C(=O)[C@H]2C[C@@](C)(O)C2)C3)c1. The van der Waals surface area contributed by atoms with Gasteiger partial charge in [0.25, 0.3) is 0 Å². The van der Waals surface area contributed by atoms with Gasteiger partial charge in [0.2, 0.25) is 5.91 Å². The first-order valence-corrected chi connectivity index (χ1v) is 10.4. The number of hydrogen-bond donors (Lipinski definition) is 1. The number of aliphatic hydroxyl groups is 1. The fraction of sp³-hybridized carbons (Fsp3) is 0.696. The Morgan fingerprint density at radius 3 is 2.42 bits per heavy atom. The van der Waals surface area contributed by atoms with Crippen molar-refractivity contribution in [2.75, 3.05) is 13.1 Å². The minimum Gasteiger partial charge on any atom is -0.390 e. The van der Waals surface area contributed by atoms with Crippen molar-refractivity contribution in [3.63, 3.8) is 0 Å². The summed E-state index contributed by atoms with van der Waals surface area (Å²) in [4.78, 5) is 14.6. The van der Waals surface area contributed by atoms with Gasteiger partial charge in [0.05, 0.1) is 5.60 Å². The van der Waals surface area contributed by atoms with Gasteiger partial charge in [0.1, 0.15) is 0 Å². The van der Waals surface area contributed by atoms with Crippen LogP contribution in [0.25, 0.3) is 0 Å². The highest BCUT2D eigenvalue weighted by Gasteiger charge is 2.51.